The SMILES string of the molecule is CCC(C)OCc1cnc(O[Si](C)(C)C)nc1O[Si](C)(C)C. The van der Waals surface area contributed by atoms with E-state index >= 15 is 0 Å². The van der Waals surface area contributed by atoms with Gasteiger partial charge in [-0.3, -0.25) is 0 Å². The van der Waals surface area contributed by atoms with Gasteiger partial charge in [-0.1, -0.05) is 6.92 Å². The number of aromatic nitrogens is 2. The minimum absolute atomic E-state index is 0.206. The Balaban J connectivity index is 2.99. The van der Waals surface area contributed by atoms with Crippen LogP contribution in [0, 0.1) is 0 Å². The van der Waals surface area contributed by atoms with Crippen LogP contribution in [-0.4, -0.2) is 32.7 Å². The highest BCUT2D eigenvalue weighted by atomic mass is 28.4. The molecule has 1 heterocycles. The standard InChI is InChI=1S/C15H30N2O3Si2/c1-9-12(2)18-11-13-10-16-15(20-22(6,7)8)17-14(13)19-21(3,4)5/h10,12H,9,11H2,1-8H3. The fourth-order valence-electron chi connectivity index (χ4n) is 1.53. The van der Waals surface area contributed by atoms with Crippen LogP contribution < -0.4 is 8.85 Å². The zero-order valence-electron chi connectivity index (χ0n) is 15.2. The van der Waals surface area contributed by atoms with Gasteiger partial charge in [0.15, 0.2) is 0 Å². The molecule has 1 aromatic rings. The van der Waals surface area contributed by atoms with Crippen molar-refractivity contribution in [3.63, 3.8) is 0 Å². The number of hydrogen-bond acceptors (Lipinski definition) is 5. The Bertz CT molecular complexity index is 485. The maximum atomic E-state index is 6.10. The first-order chi connectivity index (χ1) is 10.00. The molecular weight excluding hydrogens is 312 g/mol. The number of ether oxygens (including phenoxy) is 1. The Hall–Kier alpha value is -0.926. The van der Waals surface area contributed by atoms with E-state index in [0.717, 1.165) is 12.0 Å². The van der Waals surface area contributed by atoms with E-state index in [1.54, 1.807) is 6.20 Å². The summed E-state index contributed by atoms with van der Waals surface area (Å²) in [7, 11) is -3.51. The predicted octanol–water partition coefficient (Wildman–Crippen LogP) is 4.22. The molecule has 0 aliphatic rings. The minimum Gasteiger partial charge on any atom is -0.531 e. The van der Waals surface area contributed by atoms with Crippen LogP contribution in [0.15, 0.2) is 6.20 Å². The molecule has 0 N–H and O–H groups in total. The molecule has 0 saturated carbocycles. The molecule has 0 spiro atoms. The highest BCUT2D eigenvalue weighted by Gasteiger charge is 2.23. The second-order valence-electron chi connectivity index (χ2n) is 7.44. The van der Waals surface area contributed by atoms with Gasteiger partial charge < -0.3 is 13.6 Å². The number of rotatable bonds is 8. The van der Waals surface area contributed by atoms with Gasteiger partial charge in [-0.05, 0) is 52.6 Å². The van der Waals surface area contributed by atoms with E-state index < -0.39 is 16.6 Å². The van der Waals surface area contributed by atoms with Gasteiger partial charge in [0.05, 0.1) is 18.3 Å². The summed E-state index contributed by atoms with van der Waals surface area (Å²) in [5.74, 6) is 0.603. The van der Waals surface area contributed by atoms with E-state index in [4.69, 9.17) is 13.6 Å². The fraction of sp³-hybridized carbons (Fsp3) is 0.733. The molecule has 5 nitrogen and oxygen atoms in total. The topological polar surface area (TPSA) is 53.5 Å². The molecule has 126 valence electrons. The van der Waals surface area contributed by atoms with E-state index in [1.807, 2.05) is 0 Å². The third kappa shape index (κ3) is 7.37. The van der Waals surface area contributed by atoms with Crippen LogP contribution in [0.3, 0.4) is 0 Å². The summed E-state index contributed by atoms with van der Waals surface area (Å²) in [6.45, 7) is 17.3. The summed E-state index contributed by atoms with van der Waals surface area (Å²) in [6.07, 6.45) is 2.94. The molecule has 1 aromatic heterocycles. The Labute approximate surface area is 136 Å². The molecule has 0 aliphatic heterocycles. The van der Waals surface area contributed by atoms with Crippen LogP contribution in [0.4, 0.5) is 0 Å². The van der Waals surface area contributed by atoms with Gasteiger partial charge in [-0.15, -0.1) is 0 Å². The van der Waals surface area contributed by atoms with Gasteiger partial charge >= 0.3 is 6.01 Å². The van der Waals surface area contributed by atoms with Crippen molar-refractivity contribution in [2.24, 2.45) is 0 Å². The average molecular weight is 343 g/mol. The lowest BCUT2D eigenvalue weighted by Crippen LogP contribution is -2.32. The summed E-state index contributed by atoms with van der Waals surface area (Å²) in [4.78, 5) is 8.80. The lowest BCUT2D eigenvalue weighted by atomic mass is 10.3. The zero-order chi connectivity index (χ0) is 17.0. The van der Waals surface area contributed by atoms with E-state index in [9.17, 15) is 0 Å². The Morgan fingerprint density at radius 3 is 2.14 bits per heavy atom. The van der Waals surface area contributed by atoms with Crippen LogP contribution in [0.1, 0.15) is 25.8 Å². The first kappa shape index (κ1) is 19.1. The average Bonchev–Trinajstić information content (AvgIpc) is 2.33. The third-order valence-electron chi connectivity index (χ3n) is 2.70. The normalized spacial score (nSPS) is 13.8. The summed E-state index contributed by atoms with van der Waals surface area (Å²) in [6, 6.07) is 0.403. The van der Waals surface area contributed by atoms with Crippen molar-refractivity contribution >= 4 is 16.6 Å². The van der Waals surface area contributed by atoms with Crippen molar-refractivity contribution in [2.45, 2.75) is 72.3 Å². The molecule has 22 heavy (non-hydrogen) atoms. The van der Waals surface area contributed by atoms with Crippen molar-refractivity contribution in [1.82, 2.24) is 9.97 Å². The van der Waals surface area contributed by atoms with Gasteiger partial charge in [0, 0.05) is 6.20 Å². The van der Waals surface area contributed by atoms with Crippen LogP contribution >= 0.6 is 0 Å². The molecule has 0 fully saturated rings. The molecule has 0 aromatic carbocycles. The van der Waals surface area contributed by atoms with E-state index in [-0.39, 0.29) is 6.10 Å². The monoisotopic (exact) mass is 342 g/mol. The maximum Gasteiger partial charge on any atom is 0.305 e. The van der Waals surface area contributed by atoms with E-state index in [1.165, 1.54) is 0 Å². The smallest absolute Gasteiger partial charge is 0.305 e. The molecule has 1 rings (SSSR count). The van der Waals surface area contributed by atoms with Crippen molar-refractivity contribution in [3.05, 3.63) is 11.8 Å². The lowest BCUT2D eigenvalue weighted by Gasteiger charge is -2.23. The van der Waals surface area contributed by atoms with E-state index in [2.05, 4.69) is 63.1 Å². The first-order valence-electron chi connectivity index (χ1n) is 7.85. The van der Waals surface area contributed by atoms with Gasteiger partial charge in [0.1, 0.15) is 0 Å². The lowest BCUT2D eigenvalue weighted by molar-refractivity contribution is 0.0496. The molecule has 0 saturated heterocycles. The second kappa shape index (κ2) is 7.56. The highest BCUT2D eigenvalue weighted by molar-refractivity contribution is 6.70. The minimum atomic E-state index is -1.77. The largest absolute Gasteiger partial charge is 0.531 e. The summed E-state index contributed by atoms with van der Waals surface area (Å²) >= 11 is 0. The molecule has 0 amide bonds. The van der Waals surface area contributed by atoms with Gasteiger partial charge in [0.25, 0.3) is 0 Å². The van der Waals surface area contributed by atoms with E-state index in [0.29, 0.717) is 18.5 Å². The first-order valence-corrected chi connectivity index (χ1v) is 14.7. The van der Waals surface area contributed by atoms with Crippen LogP contribution in [0.2, 0.25) is 39.3 Å². The summed E-state index contributed by atoms with van der Waals surface area (Å²) in [5, 5.41) is 0. The quantitative estimate of drug-likeness (QED) is 0.662. The highest BCUT2D eigenvalue weighted by Crippen LogP contribution is 2.23. The van der Waals surface area contributed by atoms with Crippen molar-refractivity contribution < 1.29 is 13.6 Å². The van der Waals surface area contributed by atoms with Crippen LogP contribution in [0.25, 0.3) is 0 Å². The Kier molecular flexibility index (Phi) is 6.57. The second-order valence-corrected chi connectivity index (χ2v) is 16.3. The Morgan fingerprint density at radius 2 is 1.64 bits per heavy atom. The summed E-state index contributed by atoms with van der Waals surface area (Å²) < 4.78 is 17.8. The van der Waals surface area contributed by atoms with Gasteiger partial charge in [-0.25, -0.2) is 4.98 Å². The zero-order valence-corrected chi connectivity index (χ0v) is 17.2. The predicted molar refractivity (Wildman–Crippen MR) is 94.5 cm³/mol. The third-order valence-corrected chi connectivity index (χ3v) is 4.30. The van der Waals surface area contributed by atoms with Crippen molar-refractivity contribution in [2.75, 3.05) is 0 Å². The van der Waals surface area contributed by atoms with Crippen molar-refractivity contribution in [3.8, 4) is 11.9 Å². The molecule has 7 heteroatoms. The molecule has 0 aliphatic carbocycles. The molecule has 1 atom stereocenters. The molecule has 1 unspecified atom stereocenters. The van der Waals surface area contributed by atoms with Crippen LogP contribution in [-0.2, 0) is 11.3 Å². The van der Waals surface area contributed by atoms with Gasteiger partial charge in [-0.2, -0.15) is 4.98 Å². The number of nitrogens with zero attached hydrogens (tertiary/aromatic N) is 2. The van der Waals surface area contributed by atoms with Crippen LogP contribution in [0.5, 0.6) is 11.9 Å². The van der Waals surface area contributed by atoms with Crippen molar-refractivity contribution in [1.29, 1.82) is 0 Å². The molecule has 0 bridgehead atoms. The Morgan fingerprint density at radius 1 is 1.05 bits per heavy atom. The molecule has 0 radical (unpaired) electrons. The number of hydrogen-bond donors (Lipinski definition) is 0. The maximum absolute atomic E-state index is 6.10. The molecular formula is C15H30N2O3Si2. The fourth-order valence-corrected chi connectivity index (χ4v) is 2.93. The summed E-state index contributed by atoms with van der Waals surface area (Å²) in [5.41, 5.74) is 0.880. The van der Waals surface area contributed by atoms with Gasteiger partial charge in [0.2, 0.25) is 22.5 Å².